The summed E-state index contributed by atoms with van der Waals surface area (Å²) in [5, 5.41) is 12.1. The summed E-state index contributed by atoms with van der Waals surface area (Å²) in [5.41, 5.74) is 1.67. The van der Waals surface area contributed by atoms with E-state index in [0.717, 1.165) is 16.3 Å². The summed E-state index contributed by atoms with van der Waals surface area (Å²) in [4.78, 5) is 15.3. The van der Waals surface area contributed by atoms with Gasteiger partial charge in [-0.3, -0.25) is 4.79 Å². The van der Waals surface area contributed by atoms with Gasteiger partial charge < -0.3 is 14.4 Å². The van der Waals surface area contributed by atoms with Gasteiger partial charge in [0.1, 0.15) is 11.8 Å². The highest BCUT2D eigenvalue weighted by Crippen LogP contribution is 2.34. The lowest BCUT2D eigenvalue weighted by atomic mass is 9.94. The maximum absolute atomic E-state index is 13.6. The summed E-state index contributed by atoms with van der Waals surface area (Å²) in [7, 11) is 4.86. The van der Waals surface area contributed by atoms with Crippen LogP contribution in [0.15, 0.2) is 48.5 Å². The van der Waals surface area contributed by atoms with E-state index in [1.165, 1.54) is 7.11 Å². The molecule has 0 aliphatic heterocycles. The molecule has 32 heavy (non-hydrogen) atoms. The maximum atomic E-state index is 13.6. The van der Waals surface area contributed by atoms with Crippen LogP contribution < -0.4 is 4.74 Å². The standard InChI is InChI=1S/C25H24Cl2N2O3/c1-29(15-18(10-11-31-2)16-8-9-21(26)22(27)13-16)25(30)23-20-7-5-4-6-17(20)12-19(14-28)24(23)32-3/h4-9,12-13,18H,10-11,15H2,1-3H3/t18-/m1/s1. The topological polar surface area (TPSA) is 62.6 Å². The summed E-state index contributed by atoms with van der Waals surface area (Å²) in [6.07, 6.45) is 0.697. The van der Waals surface area contributed by atoms with Crippen molar-refractivity contribution in [3.8, 4) is 11.8 Å². The number of carbonyl (C=O) groups excluding carboxylic acids is 1. The van der Waals surface area contributed by atoms with Crippen LogP contribution in [0.25, 0.3) is 10.8 Å². The number of ether oxygens (including phenoxy) is 2. The monoisotopic (exact) mass is 470 g/mol. The molecule has 0 saturated carbocycles. The summed E-state index contributed by atoms with van der Waals surface area (Å²) >= 11 is 12.3. The smallest absolute Gasteiger partial charge is 0.258 e. The molecule has 3 aromatic carbocycles. The van der Waals surface area contributed by atoms with Crippen LogP contribution in [0.4, 0.5) is 0 Å². The number of hydrogen-bond donors (Lipinski definition) is 0. The Kier molecular flexibility index (Phi) is 7.98. The molecule has 3 rings (SSSR count). The summed E-state index contributed by atoms with van der Waals surface area (Å²) in [6.45, 7) is 0.956. The van der Waals surface area contributed by atoms with Crippen LogP contribution in [0.1, 0.15) is 33.8 Å². The molecule has 0 radical (unpaired) electrons. The first-order valence-corrected chi connectivity index (χ1v) is 10.9. The summed E-state index contributed by atoms with van der Waals surface area (Å²) in [5.74, 6) is 0.0405. The highest BCUT2D eigenvalue weighted by Gasteiger charge is 2.25. The van der Waals surface area contributed by atoms with Crippen molar-refractivity contribution in [2.75, 3.05) is 34.4 Å². The predicted octanol–water partition coefficient (Wildman–Crippen LogP) is 5.92. The Bertz CT molecular complexity index is 1170. The van der Waals surface area contributed by atoms with Crippen molar-refractivity contribution in [3.05, 3.63) is 75.3 Å². The van der Waals surface area contributed by atoms with Crippen LogP contribution >= 0.6 is 23.2 Å². The number of rotatable bonds is 8. The van der Waals surface area contributed by atoms with Crippen LogP contribution in [0, 0.1) is 11.3 Å². The molecule has 0 bridgehead atoms. The van der Waals surface area contributed by atoms with Gasteiger partial charge in [0.2, 0.25) is 0 Å². The van der Waals surface area contributed by atoms with Gasteiger partial charge in [-0.1, -0.05) is 53.5 Å². The van der Waals surface area contributed by atoms with Gasteiger partial charge in [-0.15, -0.1) is 0 Å². The minimum absolute atomic E-state index is 0.0184. The number of halogens is 2. The number of hydrogen-bond acceptors (Lipinski definition) is 4. The van der Waals surface area contributed by atoms with Gasteiger partial charge in [0.05, 0.1) is 28.3 Å². The lowest BCUT2D eigenvalue weighted by Gasteiger charge is -2.26. The number of fused-ring (bicyclic) bond motifs is 1. The van der Waals surface area contributed by atoms with Crippen molar-refractivity contribution in [3.63, 3.8) is 0 Å². The second-order valence-electron chi connectivity index (χ2n) is 7.50. The first-order valence-electron chi connectivity index (χ1n) is 10.1. The molecule has 7 heteroatoms. The second-order valence-corrected chi connectivity index (χ2v) is 8.32. The fraction of sp³-hybridized carbons (Fsp3) is 0.280. The van der Waals surface area contributed by atoms with Crippen molar-refractivity contribution in [2.24, 2.45) is 0 Å². The third-order valence-electron chi connectivity index (χ3n) is 5.47. The van der Waals surface area contributed by atoms with Crippen molar-refractivity contribution in [2.45, 2.75) is 12.3 Å². The molecule has 5 nitrogen and oxygen atoms in total. The average Bonchev–Trinajstić information content (AvgIpc) is 2.81. The molecule has 0 N–H and O–H groups in total. The number of likely N-dealkylation sites (N-methyl/N-ethyl adjacent to an activating group) is 1. The minimum Gasteiger partial charge on any atom is -0.495 e. The number of methoxy groups -OCH3 is 2. The van der Waals surface area contributed by atoms with E-state index < -0.39 is 0 Å². The number of carbonyl (C=O) groups is 1. The Hall–Kier alpha value is -2.78. The van der Waals surface area contributed by atoms with E-state index in [-0.39, 0.29) is 17.6 Å². The lowest BCUT2D eigenvalue weighted by Crippen LogP contribution is -2.32. The van der Waals surface area contributed by atoms with Crippen molar-refractivity contribution < 1.29 is 14.3 Å². The number of nitriles is 1. The zero-order valence-corrected chi connectivity index (χ0v) is 19.7. The molecule has 0 saturated heterocycles. The molecule has 0 unspecified atom stereocenters. The van der Waals surface area contributed by atoms with E-state index in [0.29, 0.717) is 40.7 Å². The molecule has 1 atom stereocenters. The fourth-order valence-corrected chi connectivity index (χ4v) is 4.14. The SMILES string of the molecule is COCC[C@H](CN(C)C(=O)c1c(OC)c(C#N)cc2ccccc12)c1ccc(Cl)c(Cl)c1. The van der Waals surface area contributed by atoms with Crippen LogP contribution in [0.2, 0.25) is 10.0 Å². The molecule has 0 fully saturated rings. The Morgan fingerprint density at radius 2 is 1.88 bits per heavy atom. The maximum Gasteiger partial charge on any atom is 0.258 e. The normalized spacial score (nSPS) is 11.8. The Balaban J connectivity index is 2.00. The minimum atomic E-state index is -0.224. The molecular weight excluding hydrogens is 447 g/mol. The zero-order valence-electron chi connectivity index (χ0n) is 18.2. The molecular formula is C25H24Cl2N2O3. The average molecular weight is 471 g/mol. The van der Waals surface area contributed by atoms with Crippen LogP contribution in [-0.2, 0) is 4.74 Å². The first-order chi connectivity index (χ1) is 15.4. The molecule has 1 amide bonds. The van der Waals surface area contributed by atoms with Gasteiger partial charge in [0.25, 0.3) is 5.91 Å². The summed E-state index contributed by atoms with van der Waals surface area (Å²) < 4.78 is 10.8. The Morgan fingerprint density at radius 1 is 1.12 bits per heavy atom. The zero-order chi connectivity index (χ0) is 23.3. The van der Waals surface area contributed by atoms with E-state index in [1.807, 2.05) is 36.4 Å². The molecule has 166 valence electrons. The number of nitrogens with zero attached hydrogens (tertiary/aromatic N) is 2. The van der Waals surface area contributed by atoms with Crippen LogP contribution in [0.3, 0.4) is 0 Å². The fourth-order valence-electron chi connectivity index (χ4n) is 3.83. The molecule has 0 aromatic heterocycles. The molecule has 0 aliphatic rings. The van der Waals surface area contributed by atoms with Gasteiger partial charge in [-0.2, -0.15) is 5.26 Å². The third-order valence-corrected chi connectivity index (χ3v) is 6.21. The quantitative estimate of drug-likeness (QED) is 0.409. The molecule has 0 heterocycles. The molecule has 3 aromatic rings. The third kappa shape index (κ3) is 4.99. The van der Waals surface area contributed by atoms with Crippen LogP contribution in [-0.4, -0.2) is 45.2 Å². The number of benzene rings is 3. The van der Waals surface area contributed by atoms with Gasteiger partial charge in [0.15, 0.2) is 0 Å². The largest absolute Gasteiger partial charge is 0.495 e. The van der Waals surface area contributed by atoms with Gasteiger partial charge >= 0.3 is 0 Å². The van der Waals surface area contributed by atoms with E-state index in [4.69, 9.17) is 32.7 Å². The Morgan fingerprint density at radius 3 is 2.53 bits per heavy atom. The summed E-state index contributed by atoms with van der Waals surface area (Å²) in [6, 6.07) is 16.9. The second kappa shape index (κ2) is 10.7. The van der Waals surface area contributed by atoms with Crippen molar-refractivity contribution in [1.82, 2.24) is 4.90 Å². The lowest BCUT2D eigenvalue weighted by molar-refractivity contribution is 0.0777. The molecule has 0 spiro atoms. The highest BCUT2D eigenvalue weighted by molar-refractivity contribution is 6.42. The van der Waals surface area contributed by atoms with E-state index in [1.54, 1.807) is 31.2 Å². The first kappa shape index (κ1) is 23.9. The Labute approximate surface area is 198 Å². The van der Waals surface area contributed by atoms with Crippen LogP contribution in [0.5, 0.6) is 5.75 Å². The van der Waals surface area contributed by atoms with Gasteiger partial charge in [-0.25, -0.2) is 0 Å². The van der Waals surface area contributed by atoms with Gasteiger partial charge in [-0.05, 0) is 41.0 Å². The number of amides is 1. The van der Waals surface area contributed by atoms with E-state index >= 15 is 0 Å². The van der Waals surface area contributed by atoms with Crippen molar-refractivity contribution >= 4 is 39.9 Å². The van der Waals surface area contributed by atoms with E-state index in [2.05, 4.69) is 6.07 Å². The van der Waals surface area contributed by atoms with Gasteiger partial charge in [0, 0.05) is 33.2 Å². The molecule has 0 aliphatic carbocycles. The van der Waals surface area contributed by atoms with E-state index in [9.17, 15) is 10.1 Å². The predicted molar refractivity (Wildman–Crippen MR) is 128 cm³/mol. The van der Waals surface area contributed by atoms with Crippen molar-refractivity contribution in [1.29, 1.82) is 5.26 Å². The highest BCUT2D eigenvalue weighted by atomic mass is 35.5.